The molecule has 1 aliphatic rings. The minimum absolute atomic E-state index is 0.0744. The molecule has 0 saturated heterocycles. The number of hydrogen-bond acceptors (Lipinski definition) is 5. The molecular weight excluding hydrogens is 348 g/mol. The van der Waals surface area contributed by atoms with Crippen molar-refractivity contribution in [2.24, 2.45) is 0 Å². The number of ether oxygens (including phenoxy) is 3. The normalized spacial score (nSPS) is 11.9. The molecule has 6 nitrogen and oxygen atoms in total. The minimum atomic E-state index is -1.08. The molecule has 0 fully saturated rings. The van der Waals surface area contributed by atoms with E-state index in [-0.39, 0.29) is 18.9 Å². The van der Waals surface area contributed by atoms with Crippen molar-refractivity contribution >= 4 is 17.6 Å². The van der Waals surface area contributed by atoms with Crippen LogP contribution < -0.4 is 14.8 Å². The van der Waals surface area contributed by atoms with Gasteiger partial charge < -0.3 is 19.5 Å². The van der Waals surface area contributed by atoms with Gasteiger partial charge in [-0.05, 0) is 36.2 Å². The van der Waals surface area contributed by atoms with Gasteiger partial charge in [0.05, 0.1) is 0 Å². The number of carbonyl (C=O) groups excluding carboxylic acids is 2. The summed E-state index contributed by atoms with van der Waals surface area (Å²) in [5.41, 5.74) is 0.947. The lowest BCUT2D eigenvalue weighted by molar-refractivity contribution is -0.147. The van der Waals surface area contributed by atoms with Gasteiger partial charge in [-0.3, -0.25) is 9.59 Å². The van der Waals surface area contributed by atoms with E-state index in [2.05, 4.69) is 5.32 Å². The number of benzene rings is 2. The van der Waals surface area contributed by atoms with Crippen molar-refractivity contribution in [3.8, 4) is 11.5 Å². The van der Waals surface area contributed by atoms with Gasteiger partial charge in [-0.1, -0.05) is 6.07 Å². The second-order valence-electron chi connectivity index (χ2n) is 5.53. The SMILES string of the molecule is O=C(COC(=O)CCc1ccc2c(c1)OCO2)Nc1ccc(F)c(F)c1. The molecular formula is C18H15F2NO5. The van der Waals surface area contributed by atoms with Crippen LogP contribution in [0.4, 0.5) is 14.5 Å². The highest BCUT2D eigenvalue weighted by Gasteiger charge is 2.14. The van der Waals surface area contributed by atoms with E-state index in [4.69, 9.17) is 14.2 Å². The van der Waals surface area contributed by atoms with E-state index < -0.39 is 30.1 Å². The molecule has 1 amide bonds. The lowest BCUT2D eigenvalue weighted by Gasteiger charge is -2.07. The summed E-state index contributed by atoms with van der Waals surface area (Å²) in [4.78, 5) is 23.4. The number of rotatable bonds is 6. The summed E-state index contributed by atoms with van der Waals surface area (Å²) < 4.78 is 41.2. The van der Waals surface area contributed by atoms with Crippen LogP contribution in [0.2, 0.25) is 0 Å². The summed E-state index contributed by atoms with van der Waals surface area (Å²) in [7, 11) is 0. The first kappa shape index (κ1) is 17.7. The minimum Gasteiger partial charge on any atom is -0.456 e. The van der Waals surface area contributed by atoms with E-state index in [1.54, 1.807) is 12.1 Å². The maximum atomic E-state index is 13.1. The summed E-state index contributed by atoms with van der Waals surface area (Å²) >= 11 is 0. The zero-order chi connectivity index (χ0) is 18.5. The van der Waals surface area contributed by atoms with Crippen LogP contribution in [0, 0.1) is 11.6 Å². The molecule has 0 saturated carbocycles. The van der Waals surface area contributed by atoms with Crippen LogP contribution in [0.1, 0.15) is 12.0 Å². The van der Waals surface area contributed by atoms with E-state index in [0.29, 0.717) is 17.9 Å². The first-order valence-corrected chi connectivity index (χ1v) is 7.80. The van der Waals surface area contributed by atoms with Crippen molar-refractivity contribution in [1.82, 2.24) is 0 Å². The third-order valence-corrected chi connectivity index (χ3v) is 3.62. The number of carbonyl (C=O) groups is 2. The highest BCUT2D eigenvalue weighted by atomic mass is 19.2. The summed E-state index contributed by atoms with van der Waals surface area (Å²) in [6.45, 7) is -0.340. The first-order valence-electron chi connectivity index (χ1n) is 7.80. The van der Waals surface area contributed by atoms with Crippen molar-refractivity contribution in [2.45, 2.75) is 12.8 Å². The van der Waals surface area contributed by atoms with Crippen LogP contribution in [-0.4, -0.2) is 25.3 Å². The van der Waals surface area contributed by atoms with Gasteiger partial charge in [0, 0.05) is 18.2 Å². The Hall–Kier alpha value is -3.16. The fourth-order valence-corrected chi connectivity index (χ4v) is 2.33. The van der Waals surface area contributed by atoms with E-state index in [9.17, 15) is 18.4 Å². The molecule has 0 atom stereocenters. The standard InChI is InChI=1S/C18H15F2NO5/c19-13-4-3-12(8-14(13)20)21-17(22)9-24-18(23)6-2-11-1-5-15-16(7-11)26-10-25-15/h1,3-5,7-8H,2,6,9-10H2,(H,21,22). The van der Waals surface area contributed by atoms with Crippen LogP contribution in [-0.2, 0) is 20.7 Å². The fraction of sp³-hybridized carbons (Fsp3) is 0.222. The Morgan fingerprint density at radius 2 is 1.85 bits per heavy atom. The number of nitrogens with one attached hydrogen (secondary N) is 1. The third-order valence-electron chi connectivity index (χ3n) is 3.62. The van der Waals surface area contributed by atoms with Gasteiger partial charge in [0.15, 0.2) is 29.7 Å². The second kappa shape index (κ2) is 7.81. The number of amides is 1. The van der Waals surface area contributed by atoms with Gasteiger partial charge >= 0.3 is 5.97 Å². The third kappa shape index (κ3) is 4.47. The molecule has 0 bridgehead atoms. The predicted molar refractivity (Wildman–Crippen MR) is 86.8 cm³/mol. The van der Waals surface area contributed by atoms with Crippen LogP contribution in [0.3, 0.4) is 0 Å². The smallest absolute Gasteiger partial charge is 0.306 e. The Bertz CT molecular complexity index is 840. The molecule has 3 rings (SSSR count). The zero-order valence-corrected chi connectivity index (χ0v) is 13.6. The van der Waals surface area contributed by atoms with Crippen molar-refractivity contribution in [2.75, 3.05) is 18.7 Å². The number of fused-ring (bicyclic) bond motifs is 1. The van der Waals surface area contributed by atoms with Gasteiger partial charge in [-0.15, -0.1) is 0 Å². The second-order valence-corrected chi connectivity index (χ2v) is 5.53. The van der Waals surface area contributed by atoms with Crippen molar-refractivity contribution < 1.29 is 32.6 Å². The molecule has 26 heavy (non-hydrogen) atoms. The number of anilines is 1. The van der Waals surface area contributed by atoms with E-state index in [0.717, 1.165) is 17.7 Å². The number of aryl methyl sites for hydroxylation is 1. The molecule has 0 aliphatic carbocycles. The Labute approximate surface area is 147 Å². The molecule has 1 heterocycles. The highest BCUT2D eigenvalue weighted by Crippen LogP contribution is 2.32. The average molecular weight is 363 g/mol. The summed E-state index contributed by atoms with van der Waals surface area (Å²) in [5, 5.41) is 2.31. The maximum absolute atomic E-state index is 13.1. The summed E-state index contributed by atoms with van der Waals surface area (Å²) in [6, 6.07) is 8.30. The van der Waals surface area contributed by atoms with Crippen molar-refractivity contribution in [1.29, 1.82) is 0 Å². The topological polar surface area (TPSA) is 73.9 Å². The van der Waals surface area contributed by atoms with Gasteiger partial charge in [0.25, 0.3) is 5.91 Å². The Balaban J connectivity index is 1.42. The monoisotopic (exact) mass is 363 g/mol. The highest BCUT2D eigenvalue weighted by molar-refractivity contribution is 5.92. The van der Waals surface area contributed by atoms with Crippen LogP contribution in [0.15, 0.2) is 36.4 Å². The molecule has 8 heteroatoms. The molecule has 0 unspecified atom stereocenters. The zero-order valence-electron chi connectivity index (χ0n) is 13.6. The van der Waals surface area contributed by atoms with Gasteiger partial charge in [0.1, 0.15) is 0 Å². The van der Waals surface area contributed by atoms with Crippen molar-refractivity contribution in [3.05, 3.63) is 53.6 Å². The summed E-state index contributed by atoms with van der Waals surface area (Å²) in [5.74, 6) is -2.01. The number of halogens is 2. The molecule has 136 valence electrons. The van der Waals surface area contributed by atoms with Crippen LogP contribution in [0.5, 0.6) is 11.5 Å². The van der Waals surface area contributed by atoms with E-state index >= 15 is 0 Å². The lowest BCUT2D eigenvalue weighted by atomic mass is 10.1. The van der Waals surface area contributed by atoms with E-state index in [1.807, 2.05) is 6.07 Å². The van der Waals surface area contributed by atoms with Gasteiger partial charge in [-0.25, -0.2) is 8.78 Å². The molecule has 0 aromatic heterocycles. The maximum Gasteiger partial charge on any atom is 0.306 e. The average Bonchev–Trinajstić information content (AvgIpc) is 3.09. The molecule has 0 spiro atoms. The molecule has 2 aromatic rings. The van der Waals surface area contributed by atoms with E-state index in [1.165, 1.54) is 6.07 Å². The summed E-state index contributed by atoms with van der Waals surface area (Å²) in [6.07, 6.45) is 0.498. The molecule has 1 N–H and O–H groups in total. The lowest BCUT2D eigenvalue weighted by Crippen LogP contribution is -2.21. The van der Waals surface area contributed by atoms with Gasteiger partial charge in [0.2, 0.25) is 6.79 Å². The fourth-order valence-electron chi connectivity index (χ4n) is 2.33. The van der Waals surface area contributed by atoms with Crippen LogP contribution in [0.25, 0.3) is 0 Å². The first-order chi connectivity index (χ1) is 12.5. The Morgan fingerprint density at radius 1 is 1.04 bits per heavy atom. The number of esters is 1. The Morgan fingerprint density at radius 3 is 2.65 bits per heavy atom. The molecule has 2 aromatic carbocycles. The molecule has 1 aliphatic heterocycles. The molecule has 0 radical (unpaired) electrons. The van der Waals surface area contributed by atoms with Gasteiger partial charge in [-0.2, -0.15) is 0 Å². The van der Waals surface area contributed by atoms with Crippen molar-refractivity contribution in [3.63, 3.8) is 0 Å². The quantitative estimate of drug-likeness (QED) is 0.799. The number of hydrogen-bond donors (Lipinski definition) is 1. The largest absolute Gasteiger partial charge is 0.456 e. The Kier molecular flexibility index (Phi) is 5.31. The van der Waals surface area contributed by atoms with Crippen LogP contribution >= 0.6 is 0 Å². The predicted octanol–water partition coefficient (Wildman–Crippen LogP) is 2.81.